The van der Waals surface area contributed by atoms with Crippen LogP contribution in [0.3, 0.4) is 0 Å². The van der Waals surface area contributed by atoms with Crippen LogP contribution in [0.25, 0.3) is 74.5 Å². The van der Waals surface area contributed by atoms with Gasteiger partial charge in [-0.15, -0.1) is 50.4 Å². The van der Waals surface area contributed by atoms with Gasteiger partial charge < -0.3 is 61.9 Å². The van der Waals surface area contributed by atoms with Crippen molar-refractivity contribution in [3.8, 4) is 33.4 Å². The highest BCUT2D eigenvalue weighted by molar-refractivity contribution is 7.18. The molecule has 4 fully saturated rings. The maximum Gasteiger partial charge on any atom is 0.324 e. The van der Waals surface area contributed by atoms with Crippen LogP contribution in [0.4, 0.5) is 64.6 Å². The molecule has 0 saturated carbocycles. The number of amides is 5. The minimum absolute atomic E-state index is 0.0284. The average Bonchev–Trinajstić information content (AvgIpc) is 1.65. The van der Waals surface area contributed by atoms with Gasteiger partial charge in [0.05, 0.1) is 32.0 Å². The first-order valence-corrected chi connectivity index (χ1v) is 44.2. The van der Waals surface area contributed by atoms with Gasteiger partial charge >= 0.3 is 6.03 Å². The van der Waals surface area contributed by atoms with Crippen molar-refractivity contribution in [2.45, 2.75) is 78.1 Å². The normalized spacial score (nSPS) is 14.2. The lowest BCUT2D eigenvalue weighted by atomic mass is 9.93. The highest BCUT2D eigenvalue weighted by Crippen LogP contribution is 2.40. The molecule has 4 saturated heterocycles. The van der Waals surface area contributed by atoms with E-state index in [1.54, 1.807) is 96.6 Å². The van der Waals surface area contributed by atoms with Gasteiger partial charge in [0.1, 0.15) is 30.4 Å². The Labute approximate surface area is 736 Å². The van der Waals surface area contributed by atoms with E-state index in [2.05, 4.69) is 51.9 Å². The third-order valence-electron chi connectivity index (χ3n) is 21.5. The lowest BCUT2D eigenvalue weighted by Crippen LogP contribution is -2.36. The fourth-order valence-corrected chi connectivity index (χ4v) is 18.4. The number of thiophene rings is 4. The summed E-state index contributed by atoms with van der Waals surface area (Å²) < 4.78 is 86.1. The predicted molar refractivity (Wildman–Crippen MR) is 483 cm³/mol. The molecule has 4 aliphatic heterocycles. The second kappa shape index (κ2) is 38.6. The summed E-state index contributed by atoms with van der Waals surface area (Å²) in [5.41, 5.74) is 9.92. The van der Waals surface area contributed by atoms with E-state index in [4.69, 9.17) is 36.9 Å². The molecule has 0 unspecified atom stereocenters. The van der Waals surface area contributed by atoms with E-state index in [9.17, 15) is 51.5 Å². The van der Waals surface area contributed by atoms with E-state index < -0.39 is 41.2 Å². The first kappa shape index (κ1) is 87.1. The number of aromatic nitrogens is 5. The van der Waals surface area contributed by atoms with E-state index in [0.717, 1.165) is 91.3 Å². The van der Waals surface area contributed by atoms with Gasteiger partial charge in [-0.2, -0.15) is 5.21 Å². The van der Waals surface area contributed by atoms with Crippen molar-refractivity contribution in [1.29, 1.82) is 0 Å². The number of aromatic amines is 1. The number of hydrogen-bond acceptors (Lipinski definition) is 28. The zero-order chi connectivity index (χ0) is 88.6. The van der Waals surface area contributed by atoms with Crippen LogP contribution in [0.15, 0.2) is 196 Å². The molecule has 19 rings (SSSR count). The Morgan fingerprint density at radius 1 is 0.488 bits per heavy atom. The molecule has 0 atom stereocenters. The van der Waals surface area contributed by atoms with E-state index in [0.29, 0.717) is 151 Å². The second-order valence-electron chi connectivity index (χ2n) is 31.2. The number of hydrogen-bond donors (Lipinski definition) is 7. The number of hydroxylamine groups is 1. The topological polar surface area (TPSA) is 381 Å². The number of ether oxygens (including phenoxy) is 2. The molecule has 127 heavy (non-hydrogen) atoms. The van der Waals surface area contributed by atoms with E-state index in [1.165, 1.54) is 88.5 Å². The van der Waals surface area contributed by atoms with E-state index >= 15 is 0 Å². The standard InChI is InChI=1S/C32H25F3N2O4S.C25H26N4O5S.C19H18N2O4S.C14H14N6O3S/c1-18-2-3-20(26(34)14-18)15-23-22(8-9-25(33)29(23)35)32(39)36-21-6-4-19(5-7-21)24-17-42-31-27(38)16-28(41-30(24)31)37-10-12-40-13-11-37;1-25(2,3)19-13-20(28-34-19)27-24(31)26-16-6-4-5-15(11-16)17-14-35-23-18(30)12-21(33-22(17)23)29-7-9-32-10-8-29;22-15-10-16(21-8-2-1-3-9-21)25-17-14(11-26-18(15)17)12-4-6-13(7-5-12)19(23)20-24;21-9-6-10(20-4-2-1-3-5-20)23-11-8(7-24-12(9)11)13(22)15-14-16-18-19-17-14/h2-9,14,16-17H,10-13,15H2,1H3,(H,36,39);4-6,11-14H,7-10H2,1-3H3,(H2,26,27,28,31);4-7,10-11,24H,1-3,8-9H2,(H,20,23);6-7H,1-5H2,(H2,15,16,17,18,19,22). The number of benzene rings is 5. The fraction of sp³-hybridized carbons (Fsp3) is 0.267. The quantitative estimate of drug-likeness (QED) is 0.0349. The number of nitrogens with zero attached hydrogens (tertiary/aromatic N) is 8. The SMILES string of the molecule is CC(C)(C)c1cc(NC(=O)Nc2cccc(-c3csc4c(=O)cc(N5CCOCC5)oc34)c2)no1.Cc1ccc(Cc2c(C(=O)Nc3ccc(-c4csc5c(=O)cc(N6CCOCC6)oc45)cc3)ccc(F)c2F)c(F)c1.O=C(NO)c1ccc(-c2csc3c(=O)cc(N4CCCCC4)oc23)cc1.O=C(Nc1nn[nH]n1)c1csc2c(=O)cc(N3CCCCC3)oc12. The molecule has 0 radical (unpaired) electrons. The van der Waals surface area contributed by atoms with E-state index in [-0.39, 0.29) is 61.8 Å². The first-order valence-electron chi connectivity index (χ1n) is 40.7. The number of aryl methyl sites for hydroxylation is 1. The summed E-state index contributed by atoms with van der Waals surface area (Å²) in [7, 11) is 0. The van der Waals surface area contributed by atoms with Gasteiger partial charge in [-0.3, -0.25) is 49.4 Å². The maximum absolute atomic E-state index is 14.9. The van der Waals surface area contributed by atoms with Crippen LogP contribution in [-0.2, 0) is 21.3 Å². The third-order valence-corrected chi connectivity index (χ3v) is 25.4. The number of anilines is 8. The van der Waals surface area contributed by atoms with Crippen LogP contribution in [0, 0.1) is 24.4 Å². The molecule has 0 spiro atoms. The number of fused-ring (bicyclic) bond motifs is 4. The predicted octanol–water partition coefficient (Wildman–Crippen LogP) is 17.5. The van der Waals surface area contributed by atoms with Gasteiger partial charge in [-0.25, -0.2) is 23.4 Å². The Balaban J connectivity index is 0.000000127. The number of morpholine rings is 2. The zero-order valence-corrected chi connectivity index (χ0v) is 72.1. The molecule has 7 N–H and O–H groups in total. The summed E-state index contributed by atoms with van der Waals surface area (Å²) in [6.45, 7) is 16.1. The molecule has 0 aliphatic carbocycles. The molecule has 14 heterocycles. The Morgan fingerprint density at radius 3 is 1.49 bits per heavy atom. The molecule has 5 aromatic carbocycles. The van der Waals surface area contributed by atoms with Crippen molar-refractivity contribution in [2.75, 3.05) is 120 Å². The number of piperidine rings is 2. The van der Waals surface area contributed by atoms with Crippen LogP contribution in [0.1, 0.15) is 113 Å². The van der Waals surface area contributed by atoms with Gasteiger partial charge in [0.25, 0.3) is 23.7 Å². The molecule has 37 heteroatoms. The molecule has 0 bridgehead atoms. The minimum Gasteiger partial charge on any atom is -0.439 e. The van der Waals surface area contributed by atoms with Gasteiger partial charge in [0, 0.05) is 161 Å². The Hall–Kier alpha value is -13.4. The summed E-state index contributed by atoms with van der Waals surface area (Å²) >= 11 is 5.19. The average molecular weight is 1800 g/mol. The van der Waals surface area contributed by atoms with Crippen molar-refractivity contribution in [3.05, 3.63) is 252 Å². The van der Waals surface area contributed by atoms with Gasteiger partial charge in [0.15, 0.2) is 63.3 Å². The highest BCUT2D eigenvalue weighted by Gasteiger charge is 2.28. The maximum atomic E-state index is 14.9. The largest absolute Gasteiger partial charge is 0.439 e. The van der Waals surface area contributed by atoms with Crippen molar-refractivity contribution < 1.29 is 69.2 Å². The van der Waals surface area contributed by atoms with Crippen molar-refractivity contribution in [3.63, 3.8) is 0 Å². The van der Waals surface area contributed by atoms with E-state index in [1.807, 2.05) is 69.8 Å². The number of tetrazole rings is 1. The highest BCUT2D eigenvalue weighted by atomic mass is 32.1. The second-order valence-corrected chi connectivity index (χ2v) is 34.7. The van der Waals surface area contributed by atoms with Gasteiger partial charge in [0.2, 0.25) is 21.7 Å². The monoisotopic (exact) mass is 1800 g/mol. The van der Waals surface area contributed by atoms with Crippen molar-refractivity contribution in [2.24, 2.45) is 0 Å². The molecule has 30 nitrogen and oxygen atoms in total. The number of rotatable bonds is 16. The van der Waals surface area contributed by atoms with Crippen molar-refractivity contribution >= 4 is 157 Å². The number of nitrogens with one attached hydrogen (secondary N) is 6. The Morgan fingerprint density at radius 2 is 0.984 bits per heavy atom. The number of halogens is 3. The molecule has 15 aromatic rings. The number of carbonyl (C=O) groups is 4. The smallest absolute Gasteiger partial charge is 0.324 e. The summed E-state index contributed by atoms with van der Waals surface area (Å²) in [5, 5.41) is 43.6. The molecule has 4 aliphatic rings. The Bertz CT molecular complexity index is 6810. The summed E-state index contributed by atoms with van der Waals surface area (Å²) in [6.07, 6.45) is 6.44. The number of urea groups is 1. The van der Waals surface area contributed by atoms with Gasteiger partial charge in [-0.05, 0) is 133 Å². The third kappa shape index (κ3) is 20.0. The van der Waals surface area contributed by atoms with Gasteiger partial charge in [-0.1, -0.05) is 79.6 Å². The van der Waals surface area contributed by atoms with Crippen LogP contribution in [0.5, 0.6) is 0 Å². The lowest BCUT2D eigenvalue weighted by Gasteiger charge is -2.27. The van der Waals surface area contributed by atoms with Crippen molar-refractivity contribution in [1.82, 2.24) is 31.3 Å². The van der Waals surface area contributed by atoms with Crippen LogP contribution in [-0.4, -0.2) is 134 Å². The summed E-state index contributed by atoms with van der Waals surface area (Å²) in [5.74, 6) is -1.29. The fourth-order valence-electron chi connectivity index (χ4n) is 14.8. The molecule has 10 aromatic heterocycles. The molecule has 654 valence electrons. The molecule has 5 amide bonds. The number of carbonyl (C=O) groups excluding carboxylic acids is 4. The summed E-state index contributed by atoms with van der Waals surface area (Å²) in [4.78, 5) is 108. The minimum atomic E-state index is -1.19. The summed E-state index contributed by atoms with van der Waals surface area (Å²) in [6, 6.07) is 35.0. The first-order chi connectivity index (χ1) is 61.4. The number of H-pyrrole nitrogens is 1. The molecular formula is C90H83F3N14O16S4. The van der Waals surface area contributed by atoms with Crippen LogP contribution in [0.2, 0.25) is 0 Å². The lowest BCUT2D eigenvalue weighted by molar-refractivity contribution is 0.0706. The van der Waals surface area contributed by atoms with Crippen LogP contribution < -0.4 is 68.1 Å². The zero-order valence-electron chi connectivity index (χ0n) is 68.9. The van der Waals surface area contributed by atoms with Crippen LogP contribution >= 0.6 is 45.3 Å². The molecular weight excluding hydrogens is 1720 g/mol. The Kier molecular flexibility index (Phi) is 26.5.